The van der Waals surface area contributed by atoms with Crippen molar-refractivity contribution >= 4 is 23.4 Å². The lowest BCUT2D eigenvalue weighted by Crippen LogP contribution is -2.28. The van der Waals surface area contributed by atoms with Gasteiger partial charge in [-0.15, -0.1) is 0 Å². The number of anilines is 2. The molecule has 2 aromatic rings. The van der Waals surface area contributed by atoms with Gasteiger partial charge in [0.2, 0.25) is 5.95 Å². The molecule has 0 spiro atoms. The summed E-state index contributed by atoms with van der Waals surface area (Å²) in [6, 6.07) is 4.29. The zero-order valence-electron chi connectivity index (χ0n) is 12.9. The van der Waals surface area contributed by atoms with Crippen molar-refractivity contribution in [1.82, 2.24) is 9.97 Å². The molecule has 1 aromatic carbocycles. The highest BCUT2D eigenvalue weighted by Gasteiger charge is 2.21. The first-order valence-electron chi connectivity index (χ1n) is 7.71. The van der Waals surface area contributed by atoms with E-state index in [1.807, 2.05) is 0 Å². The number of nitrogens with zero attached hydrogens (tertiary/aromatic N) is 2. The zero-order valence-corrected chi connectivity index (χ0v) is 13.6. The predicted molar refractivity (Wildman–Crippen MR) is 89.8 cm³/mol. The molecule has 8 heteroatoms. The molecule has 1 fully saturated rings. The maximum absolute atomic E-state index is 13.9. The molecule has 1 heterocycles. The van der Waals surface area contributed by atoms with Gasteiger partial charge in [-0.05, 0) is 43.9 Å². The van der Waals surface area contributed by atoms with Crippen LogP contribution < -0.4 is 15.8 Å². The number of hydrogen-bond acceptors (Lipinski definition) is 6. The number of aliphatic hydroxyl groups excluding tert-OH is 1. The van der Waals surface area contributed by atoms with Crippen LogP contribution in [0, 0.1) is 5.82 Å². The Morgan fingerprint density at radius 2 is 2.00 bits per heavy atom. The summed E-state index contributed by atoms with van der Waals surface area (Å²) in [6.45, 7) is 0. The first-order chi connectivity index (χ1) is 11.5. The normalized spacial score (nSPS) is 20.6. The maximum Gasteiger partial charge on any atom is 0.222 e. The van der Waals surface area contributed by atoms with Gasteiger partial charge >= 0.3 is 0 Å². The third kappa shape index (κ3) is 4.04. The van der Waals surface area contributed by atoms with Gasteiger partial charge in [-0.2, -0.15) is 4.98 Å². The number of halogens is 2. The second-order valence-electron chi connectivity index (χ2n) is 5.77. The van der Waals surface area contributed by atoms with Crippen LogP contribution in [0.25, 0.3) is 0 Å². The second kappa shape index (κ2) is 7.19. The monoisotopic (exact) mass is 352 g/mol. The van der Waals surface area contributed by atoms with Crippen LogP contribution in [0.2, 0.25) is 5.02 Å². The fourth-order valence-electron chi connectivity index (χ4n) is 2.65. The topological polar surface area (TPSA) is 93.3 Å². The van der Waals surface area contributed by atoms with E-state index >= 15 is 0 Å². The molecule has 0 aliphatic heterocycles. The number of nitrogens with one attached hydrogen (secondary N) is 1. The van der Waals surface area contributed by atoms with Crippen LogP contribution in [-0.4, -0.2) is 27.2 Å². The van der Waals surface area contributed by atoms with E-state index in [-0.39, 0.29) is 34.6 Å². The quantitative estimate of drug-likeness (QED) is 0.781. The van der Waals surface area contributed by atoms with Gasteiger partial charge in [-0.1, -0.05) is 11.6 Å². The van der Waals surface area contributed by atoms with E-state index in [1.165, 1.54) is 24.4 Å². The van der Waals surface area contributed by atoms with Gasteiger partial charge in [0.05, 0.1) is 12.3 Å². The number of hydrogen-bond donors (Lipinski definition) is 3. The number of ether oxygens (including phenoxy) is 1. The summed E-state index contributed by atoms with van der Waals surface area (Å²) in [5.74, 6) is 0.216. The Bertz CT molecular complexity index is 723. The van der Waals surface area contributed by atoms with Gasteiger partial charge in [0, 0.05) is 11.1 Å². The van der Waals surface area contributed by atoms with Gasteiger partial charge < -0.3 is 20.9 Å². The Labute approximate surface area is 143 Å². The van der Waals surface area contributed by atoms with Crippen LogP contribution in [-0.2, 0) is 0 Å². The fourth-order valence-corrected chi connectivity index (χ4v) is 2.81. The maximum atomic E-state index is 13.9. The molecule has 24 heavy (non-hydrogen) atoms. The average molecular weight is 353 g/mol. The Hall–Kier alpha value is -2.12. The molecule has 0 bridgehead atoms. The van der Waals surface area contributed by atoms with Gasteiger partial charge in [-0.25, -0.2) is 9.37 Å². The van der Waals surface area contributed by atoms with Crippen molar-refractivity contribution in [3.8, 4) is 11.5 Å². The van der Waals surface area contributed by atoms with Crippen molar-refractivity contribution in [3.05, 3.63) is 35.2 Å². The van der Waals surface area contributed by atoms with E-state index in [0.717, 1.165) is 25.7 Å². The average Bonchev–Trinajstić information content (AvgIpc) is 2.54. The highest BCUT2D eigenvalue weighted by Crippen LogP contribution is 2.32. The summed E-state index contributed by atoms with van der Waals surface area (Å²) in [5, 5.41) is 13.1. The summed E-state index contributed by atoms with van der Waals surface area (Å²) >= 11 is 5.74. The third-order valence-electron chi connectivity index (χ3n) is 3.93. The molecule has 0 unspecified atom stereocenters. The molecule has 3 rings (SSSR count). The zero-order chi connectivity index (χ0) is 17.1. The predicted octanol–water partition coefficient (Wildman–Crippen LogP) is 3.36. The number of aromatic nitrogens is 2. The summed E-state index contributed by atoms with van der Waals surface area (Å²) in [6.07, 6.45) is 4.20. The largest absolute Gasteiger partial charge is 0.449 e. The van der Waals surface area contributed by atoms with Crippen molar-refractivity contribution < 1.29 is 14.2 Å². The van der Waals surface area contributed by atoms with E-state index in [0.29, 0.717) is 5.82 Å². The first-order valence-corrected chi connectivity index (χ1v) is 8.09. The first kappa shape index (κ1) is 16.7. The molecule has 0 amide bonds. The number of aliphatic hydroxyl groups is 1. The molecule has 0 atom stereocenters. The van der Waals surface area contributed by atoms with Crippen molar-refractivity contribution in [2.45, 2.75) is 37.8 Å². The van der Waals surface area contributed by atoms with Crippen molar-refractivity contribution in [3.63, 3.8) is 0 Å². The van der Waals surface area contributed by atoms with Crippen molar-refractivity contribution in [2.24, 2.45) is 0 Å². The number of rotatable bonds is 4. The van der Waals surface area contributed by atoms with Gasteiger partial charge in [-0.3, -0.25) is 0 Å². The van der Waals surface area contributed by atoms with Crippen LogP contribution in [0.5, 0.6) is 11.5 Å². The lowest BCUT2D eigenvalue weighted by Gasteiger charge is -2.27. The van der Waals surface area contributed by atoms with E-state index in [2.05, 4.69) is 15.3 Å². The molecule has 6 nitrogen and oxygen atoms in total. The van der Waals surface area contributed by atoms with Crippen LogP contribution in [0.4, 0.5) is 16.2 Å². The molecule has 1 saturated carbocycles. The van der Waals surface area contributed by atoms with Crippen molar-refractivity contribution in [1.29, 1.82) is 0 Å². The minimum absolute atomic E-state index is 0.0230. The minimum Gasteiger partial charge on any atom is -0.449 e. The Kier molecular flexibility index (Phi) is 5.01. The second-order valence-corrected chi connectivity index (χ2v) is 6.20. The lowest BCUT2D eigenvalue weighted by molar-refractivity contribution is 0.126. The molecule has 128 valence electrons. The molecule has 0 saturated heterocycles. The fraction of sp³-hybridized carbons (Fsp3) is 0.375. The summed E-state index contributed by atoms with van der Waals surface area (Å²) in [5.41, 5.74) is 5.65. The lowest BCUT2D eigenvalue weighted by atomic mass is 9.93. The van der Waals surface area contributed by atoms with E-state index in [1.54, 1.807) is 0 Å². The minimum atomic E-state index is -0.578. The standard InChI is InChI=1S/C16H18ClFN4O2/c17-9-1-6-13(12(18)7-9)24-14-8-20-16(19)22-15(14)21-10-2-4-11(23)5-3-10/h1,6-8,10-11,23H,2-5H2,(H3,19,20,21,22)/t10-,11-. The van der Waals surface area contributed by atoms with Gasteiger partial charge in [0.15, 0.2) is 23.1 Å². The SMILES string of the molecule is Nc1ncc(Oc2ccc(Cl)cc2F)c(N[C@H]2CC[C@H](O)CC2)n1. The third-order valence-corrected chi connectivity index (χ3v) is 4.16. The Balaban J connectivity index is 1.80. The highest BCUT2D eigenvalue weighted by molar-refractivity contribution is 6.30. The summed E-state index contributed by atoms with van der Waals surface area (Å²) in [7, 11) is 0. The molecule has 1 aliphatic rings. The summed E-state index contributed by atoms with van der Waals surface area (Å²) in [4.78, 5) is 8.05. The van der Waals surface area contributed by atoms with Crippen LogP contribution in [0.1, 0.15) is 25.7 Å². The molecular weight excluding hydrogens is 335 g/mol. The number of nitrogen functional groups attached to an aromatic ring is 1. The Morgan fingerprint density at radius 1 is 1.25 bits per heavy atom. The molecule has 1 aromatic heterocycles. The molecule has 4 N–H and O–H groups in total. The number of nitrogens with two attached hydrogens (primary N) is 1. The van der Waals surface area contributed by atoms with Crippen LogP contribution in [0.3, 0.4) is 0 Å². The number of benzene rings is 1. The van der Waals surface area contributed by atoms with Crippen molar-refractivity contribution in [2.75, 3.05) is 11.1 Å². The van der Waals surface area contributed by atoms with Gasteiger partial charge in [0.25, 0.3) is 0 Å². The van der Waals surface area contributed by atoms with Crippen LogP contribution in [0.15, 0.2) is 24.4 Å². The van der Waals surface area contributed by atoms with Gasteiger partial charge in [0.1, 0.15) is 0 Å². The smallest absolute Gasteiger partial charge is 0.222 e. The van der Waals surface area contributed by atoms with E-state index < -0.39 is 5.82 Å². The Morgan fingerprint density at radius 3 is 2.71 bits per heavy atom. The van der Waals surface area contributed by atoms with Crippen LogP contribution >= 0.6 is 11.6 Å². The van der Waals surface area contributed by atoms with E-state index in [9.17, 15) is 9.50 Å². The molecule has 0 radical (unpaired) electrons. The summed E-state index contributed by atoms with van der Waals surface area (Å²) < 4.78 is 19.5. The molecule has 1 aliphatic carbocycles. The van der Waals surface area contributed by atoms with E-state index in [4.69, 9.17) is 22.1 Å². The highest BCUT2D eigenvalue weighted by atomic mass is 35.5. The molecular formula is C16H18ClFN4O2.